The van der Waals surface area contributed by atoms with Crippen LogP contribution in [0.15, 0.2) is 30.3 Å². The molecule has 0 fully saturated rings. The van der Waals surface area contributed by atoms with Gasteiger partial charge in [0.25, 0.3) is 0 Å². The van der Waals surface area contributed by atoms with Crippen LogP contribution in [0.2, 0.25) is 0 Å². The van der Waals surface area contributed by atoms with Crippen molar-refractivity contribution in [1.29, 1.82) is 0 Å². The molecule has 6 nitrogen and oxygen atoms in total. The van der Waals surface area contributed by atoms with E-state index in [-0.39, 0.29) is 31.7 Å². The van der Waals surface area contributed by atoms with Gasteiger partial charge in [-0.3, -0.25) is 4.79 Å². The Bertz CT molecular complexity index is 449. The van der Waals surface area contributed by atoms with Crippen LogP contribution in [0.1, 0.15) is 19.4 Å². The highest BCUT2D eigenvalue weighted by Crippen LogP contribution is 2.55. The van der Waals surface area contributed by atoms with E-state index in [2.05, 4.69) is 5.32 Å². The minimum absolute atomic E-state index is 0.0979. The zero-order valence-electron chi connectivity index (χ0n) is 13.8. The van der Waals surface area contributed by atoms with Crippen LogP contribution in [0.5, 0.6) is 0 Å². The third-order valence-corrected chi connectivity index (χ3v) is 4.91. The molecule has 1 aromatic carbocycles. The van der Waals surface area contributed by atoms with Gasteiger partial charge >= 0.3 is 13.7 Å². The van der Waals surface area contributed by atoms with Crippen molar-refractivity contribution in [3.05, 3.63) is 35.9 Å². The van der Waals surface area contributed by atoms with Gasteiger partial charge in [-0.05, 0) is 32.4 Å². The quantitative estimate of drug-likeness (QED) is 0.303. The second-order valence-electron chi connectivity index (χ2n) is 5.11. The molecule has 0 aromatic heterocycles. The third-order valence-electron chi connectivity index (χ3n) is 3.12. The average Bonchev–Trinajstić information content (AvgIpc) is 2.52. The van der Waals surface area contributed by atoms with Gasteiger partial charge in [0.05, 0.1) is 19.8 Å². The number of carbonyl (C=O) groups is 1. The second kappa shape index (κ2) is 10.8. The van der Waals surface area contributed by atoms with Crippen LogP contribution in [0.4, 0.5) is 0 Å². The Kier molecular flexibility index (Phi) is 9.48. The van der Waals surface area contributed by atoms with Crippen LogP contribution < -0.4 is 5.32 Å². The van der Waals surface area contributed by atoms with E-state index in [4.69, 9.17) is 9.47 Å². The summed E-state index contributed by atoms with van der Waals surface area (Å²) in [5.74, 6) is -0.263. The van der Waals surface area contributed by atoms with E-state index >= 15 is 0 Å². The SMILES string of the molecule is CCOC(OCC)[P+](O)(O)CC(=O)CNCCc1ccccc1. The predicted octanol–water partition coefficient (Wildman–Crippen LogP) is 1.58. The van der Waals surface area contributed by atoms with E-state index in [1.54, 1.807) is 13.8 Å². The summed E-state index contributed by atoms with van der Waals surface area (Å²) < 4.78 is 10.4. The monoisotopic (exact) mass is 344 g/mol. The van der Waals surface area contributed by atoms with Gasteiger partial charge in [-0.2, -0.15) is 0 Å². The number of benzene rings is 1. The van der Waals surface area contributed by atoms with Crippen LogP contribution in [0, 0.1) is 0 Å². The van der Waals surface area contributed by atoms with E-state index in [0.29, 0.717) is 6.54 Å². The van der Waals surface area contributed by atoms with Crippen molar-refractivity contribution in [2.24, 2.45) is 0 Å². The van der Waals surface area contributed by atoms with Crippen molar-refractivity contribution < 1.29 is 24.1 Å². The van der Waals surface area contributed by atoms with Gasteiger partial charge in [0, 0.05) is 0 Å². The first kappa shape index (κ1) is 20.2. The molecule has 0 unspecified atom stereocenters. The predicted molar refractivity (Wildman–Crippen MR) is 91.3 cm³/mol. The smallest absolute Gasteiger partial charge is 0.317 e. The molecule has 0 heterocycles. The van der Waals surface area contributed by atoms with Crippen molar-refractivity contribution >= 4 is 13.5 Å². The first-order valence-corrected chi connectivity index (χ1v) is 9.77. The average molecular weight is 344 g/mol. The topological polar surface area (TPSA) is 88.0 Å². The number of nitrogens with one attached hydrogen (secondary N) is 1. The molecule has 7 heteroatoms. The third kappa shape index (κ3) is 7.97. The fraction of sp³-hybridized carbons (Fsp3) is 0.562. The van der Waals surface area contributed by atoms with E-state index in [9.17, 15) is 14.6 Å². The number of Topliss-reactive ketones (excluding diaryl/α,β-unsaturated/α-hetero) is 1. The van der Waals surface area contributed by atoms with Gasteiger partial charge in [0.15, 0.2) is 11.9 Å². The maximum absolute atomic E-state index is 11.9. The van der Waals surface area contributed by atoms with Gasteiger partial charge in [-0.1, -0.05) is 30.3 Å². The Morgan fingerprint density at radius 1 is 1.17 bits per heavy atom. The standard InChI is InChI=1S/C16H27NO5P/c1-3-21-16(22-4-2)23(19,20)13-15(18)12-17-11-10-14-8-6-5-7-9-14/h5-9,16-17,19-20H,3-4,10-13H2,1-2H3/q+1. The highest BCUT2D eigenvalue weighted by Gasteiger charge is 2.48. The number of rotatable bonds is 12. The summed E-state index contributed by atoms with van der Waals surface area (Å²) in [6.45, 7) is 4.80. The Balaban J connectivity index is 2.33. The lowest BCUT2D eigenvalue weighted by Crippen LogP contribution is -2.31. The second-order valence-corrected chi connectivity index (χ2v) is 7.42. The largest absolute Gasteiger partial charge is 0.334 e. The molecule has 0 spiro atoms. The van der Waals surface area contributed by atoms with Crippen LogP contribution in [-0.2, 0) is 20.7 Å². The number of ketones is 1. The highest BCUT2D eigenvalue weighted by molar-refractivity contribution is 7.65. The van der Waals surface area contributed by atoms with Gasteiger partial charge in [0.2, 0.25) is 0 Å². The molecule has 23 heavy (non-hydrogen) atoms. The van der Waals surface area contributed by atoms with Crippen molar-refractivity contribution in [3.8, 4) is 0 Å². The first-order chi connectivity index (χ1) is 11.0. The lowest BCUT2D eigenvalue weighted by Gasteiger charge is -2.21. The summed E-state index contributed by atoms with van der Waals surface area (Å²) in [7, 11) is -3.58. The lowest BCUT2D eigenvalue weighted by molar-refractivity contribution is -0.117. The molecule has 1 rings (SSSR count). The molecule has 0 amide bonds. The Morgan fingerprint density at radius 3 is 2.35 bits per heavy atom. The van der Waals surface area contributed by atoms with Crippen molar-refractivity contribution in [3.63, 3.8) is 0 Å². The number of hydrogen-bond acceptors (Lipinski definition) is 6. The molecule has 130 valence electrons. The maximum atomic E-state index is 11.9. The summed E-state index contributed by atoms with van der Waals surface area (Å²) in [5, 5.41) is 3.02. The normalized spacial score (nSPS) is 11.9. The Labute approximate surface area is 138 Å². The zero-order chi connectivity index (χ0) is 17.1. The molecule has 0 aliphatic carbocycles. The minimum Gasteiger partial charge on any atom is -0.317 e. The molecule has 0 saturated heterocycles. The van der Waals surface area contributed by atoms with Gasteiger partial charge in [-0.25, -0.2) is 9.79 Å². The fourth-order valence-corrected chi connectivity index (χ4v) is 3.62. The molecule has 0 atom stereocenters. The summed E-state index contributed by atoms with van der Waals surface area (Å²) in [6, 6.07) is 8.83. The minimum atomic E-state index is -3.58. The summed E-state index contributed by atoms with van der Waals surface area (Å²) >= 11 is 0. The van der Waals surface area contributed by atoms with E-state index in [1.165, 1.54) is 5.56 Å². The highest BCUT2D eigenvalue weighted by atomic mass is 31.2. The van der Waals surface area contributed by atoms with Crippen LogP contribution in [0.3, 0.4) is 0 Å². The van der Waals surface area contributed by atoms with Gasteiger partial charge in [-0.15, -0.1) is 0 Å². The van der Waals surface area contributed by atoms with Gasteiger partial charge in [0.1, 0.15) is 0 Å². The molecule has 1 aromatic rings. The molecule has 0 aliphatic heterocycles. The first-order valence-electron chi connectivity index (χ1n) is 7.82. The molecule has 0 saturated carbocycles. The number of hydrogen-bond donors (Lipinski definition) is 3. The number of carbonyl (C=O) groups excluding carboxylic acids is 1. The molecule has 0 aliphatic rings. The Morgan fingerprint density at radius 2 is 1.78 bits per heavy atom. The zero-order valence-corrected chi connectivity index (χ0v) is 14.7. The summed E-state index contributed by atoms with van der Waals surface area (Å²) in [5.41, 5.74) is 1.19. The van der Waals surface area contributed by atoms with Gasteiger partial charge < -0.3 is 14.8 Å². The molecular formula is C16H27NO5P+. The molecule has 3 N–H and O–H groups in total. The maximum Gasteiger partial charge on any atom is 0.334 e. The fourth-order valence-electron chi connectivity index (χ4n) is 2.07. The van der Waals surface area contributed by atoms with Crippen LogP contribution in [-0.4, -0.2) is 54.1 Å². The van der Waals surface area contributed by atoms with E-state index in [0.717, 1.165) is 6.42 Å². The van der Waals surface area contributed by atoms with Crippen molar-refractivity contribution in [2.75, 3.05) is 32.5 Å². The molecule has 0 bridgehead atoms. The Hall–Kier alpha value is -0.880. The lowest BCUT2D eigenvalue weighted by atomic mass is 10.1. The summed E-state index contributed by atoms with van der Waals surface area (Å²) in [4.78, 5) is 32.1. The van der Waals surface area contributed by atoms with Crippen molar-refractivity contribution in [1.82, 2.24) is 5.32 Å². The van der Waals surface area contributed by atoms with Crippen LogP contribution in [0.25, 0.3) is 0 Å². The molecule has 0 radical (unpaired) electrons. The van der Waals surface area contributed by atoms with E-state index < -0.39 is 13.7 Å². The van der Waals surface area contributed by atoms with Crippen molar-refractivity contribution in [2.45, 2.75) is 26.3 Å². The summed E-state index contributed by atoms with van der Waals surface area (Å²) in [6.07, 6.45) is 0.475. The molecular weight excluding hydrogens is 317 g/mol. The van der Waals surface area contributed by atoms with E-state index in [1.807, 2.05) is 30.3 Å². The van der Waals surface area contributed by atoms with Crippen LogP contribution >= 0.6 is 7.72 Å². The number of ether oxygens (including phenoxy) is 2.